The summed E-state index contributed by atoms with van der Waals surface area (Å²) in [5.74, 6) is -0.225. The highest BCUT2D eigenvalue weighted by Crippen LogP contribution is 2.23. The average molecular weight is 223 g/mol. The van der Waals surface area contributed by atoms with Crippen LogP contribution in [0.1, 0.15) is 39.0 Å². The van der Waals surface area contributed by atoms with Crippen molar-refractivity contribution in [2.24, 2.45) is 5.11 Å². The molecule has 1 aliphatic rings. The molecule has 0 saturated carbocycles. The monoisotopic (exact) mass is 223 g/mol. The second kappa shape index (κ2) is 6.90. The zero-order valence-corrected chi connectivity index (χ0v) is 9.56. The van der Waals surface area contributed by atoms with Crippen molar-refractivity contribution in [2.75, 3.05) is 6.54 Å². The van der Waals surface area contributed by atoms with Crippen LogP contribution in [0.2, 0.25) is 0 Å². The van der Waals surface area contributed by atoms with E-state index in [0.717, 1.165) is 32.1 Å². The highest BCUT2D eigenvalue weighted by atomic mass is 16.5. The largest absolute Gasteiger partial charge is 0.458 e. The molecule has 0 radical (unpaired) electrons. The molecular formula is C11H17N3O2. The van der Waals surface area contributed by atoms with Crippen LogP contribution >= 0.6 is 0 Å². The molecular weight excluding hydrogens is 206 g/mol. The highest BCUT2D eigenvalue weighted by Gasteiger charge is 2.15. The van der Waals surface area contributed by atoms with Gasteiger partial charge in [-0.1, -0.05) is 10.7 Å². The van der Waals surface area contributed by atoms with Crippen molar-refractivity contribution in [1.29, 1.82) is 0 Å². The first-order valence-corrected chi connectivity index (χ1v) is 5.60. The summed E-state index contributed by atoms with van der Waals surface area (Å²) in [7, 11) is 0. The zero-order chi connectivity index (χ0) is 11.8. The van der Waals surface area contributed by atoms with E-state index in [0.29, 0.717) is 6.54 Å². The van der Waals surface area contributed by atoms with Gasteiger partial charge in [0.05, 0.1) is 0 Å². The van der Waals surface area contributed by atoms with Gasteiger partial charge in [-0.25, -0.2) is 0 Å². The number of esters is 1. The van der Waals surface area contributed by atoms with E-state index >= 15 is 0 Å². The molecule has 1 aliphatic carbocycles. The molecule has 0 bridgehead atoms. The lowest BCUT2D eigenvalue weighted by atomic mass is 9.94. The van der Waals surface area contributed by atoms with Crippen LogP contribution in [0.5, 0.6) is 0 Å². The third kappa shape index (κ3) is 4.84. The van der Waals surface area contributed by atoms with Gasteiger partial charge in [0.1, 0.15) is 6.10 Å². The van der Waals surface area contributed by atoms with E-state index in [1.807, 2.05) is 6.08 Å². The molecule has 0 aromatic rings. The summed E-state index contributed by atoms with van der Waals surface area (Å²) in [5, 5.41) is 3.49. The SMILES string of the molecule is CC(=O)OC1C=C(CCCN=[N+]=[N-])CCC1. The Morgan fingerprint density at radius 2 is 2.56 bits per heavy atom. The first-order chi connectivity index (χ1) is 7.72. The molecule has 0 aromatic carbocycles. The van der Waals surface area contributed by atoms with Crippen LogP contribution in [0.4, 0.5) is 0 Å². The second-order valence-corrected chi connectivity index (χ2v) is 3.92. The van der Waals surface area contributed by atoms with E-state index in [1.54, 1.807) is 0 Å². The molecule has 1 unspecified atom stereocenters. The Balaban J connectivity index is 2.36. The Kier molecular flexibility index (Phi) is 5.43. The molecule has 5 heteroatoms. The van der Waals surface area contributed by atoms with Crippen molar-refractivity contribution in [1.82, 2.24) is 0 Å². The van der Waals surface area contributed by atoms with Crippen LogP contribution in [-0.2, 0) is 9.53 Å². The fraction of sp³-hybridized carbons (Fsp3) is 0.727. The van der Waals surface area contributed by atoms with E-state index in [1.165, 1.54) is 12.5 Å². The van der Waals surface area contributed by atoms with Crippen LogP contribution in [0.25, 0.3) is 10.4 Å². The maximum atomic E-state index is 10.8. The predicted octanol–water partition coefficient (Wildman–Crippen LogP) is 3.12. The lowest BCUT2D eigenvalue weighted by Gasteiger charge is -2.20. The molecule has 0 fully saturated rings. The third-order valence-electron chi connectivity index (χ3n) is 2.54. The molecule has 1 rings (SSSR count). The highest BCUT2D eigenvalue weighted by molar-refractivity contribution is 5.66. The van der Waals surface area contributed by atoms with E-state index in [-0.39, 0.29) is 12.1 Å². The number of hydrogen-bond acceptors (Lipinski definition) is 3. The van der Waals surface area contributed by atoms with Crippen molar-refractivity contribution in [2.45, 2.75) is 45.1 Å². The second-order valence-electron chi connectivity index (χ2n) is 3.92. The van der Waals surface area contributed by atoms with Crippen molar-refractivity contribution >= 4 is 5.97 Å². The van der Waals surface area contributed by atoms with Gasteiger partial charge in [-0.05, 0) is 43.7 Å². The number of allylic oxidation sites excluding steroid dienone is 1. The molecule has 16 heavy (non-hydrogen) atoms. The zero-order valence-electron chi connectivity index (χ0n) is 9.56. The smallest absolute Gasteiger partial charge is 0.303 e. The Bertz CT molecular complexity index is 319. The molecule has 0 amide bonds. The third-order valence-corrected chi connectivity index (χ3v) is 2.54. The summed E-state index contributed by atoms with van der Waals surface area (Å²) in [4.78, 5) is 13.5. The summed E-state index contributed by atoms with van der Waals surface area (Å²) in [6, 6.07) is 0. The summed E-state index contributed by atoms with van der Waals surface area (Å²) < 4.78 is 5.15. The van der Waals surface area contributed by atoms with Gasteiger partial charge in [-0.3, -0.25) is 4.79 Å². The first-order valence-electron chi connectivity index (χ1n) is 5.60. The topological polar surface area (TPSA) is 75.1 Å². The van der Waals surface area contributed by atoms with Gasteiger partial charge in [0.15, 0.2) is 0 Å². The van der Waals surface area contributed by atoms with Crippen LogP contribution in [-0.4, -0.2) is 18.6 Å². The molecule has 0 aliphatic heterocycles. The van der Waals surface area contributed by atoms with Gasteiger partial charge in [0.2, 0.25) is 0 Å². The molecule has 88 valence electrons. The normalized spacial score (nSPS) is 19.6. The van der Waals surface area contributed by atoms with Gasteiger partial charge in [-0.2, -0.15) is 0 Å². The van der Waals surface area contributed by atoms with E-state index < -0.39 is 0 Å². The minimum Gasteiger partial charge on any atom is -0.458 e. The van der Waals surface area contributed by atoms with Crippen molar-refractivity contribution < 1.29 is 9.53 Å². The lowest BCUT2D eigenvalue weighted by Crippen LogP contribution is -2.17. The number of hydrogen-bond donors (Lipinski definition) is 0. The van der Waals surface area contributed by atoms with E-state index in [4.69, 9.17) is 10.3 Å². The summed E-state index contributed by atoms with van der Waals surface area (Å²) in [6.07, 6.45) is 6.82. The van der Waals surface area contributed by atoms with E-state index in [2.05, 4.69) is 10.0 Å². The number of azide groups is 1. The van der Waals surface area contributed by atoms with Crippen molar-refractivity contribution in [3.8, 4) is 0 Å². The Morgan fingerprint density at radius 3 is 3.25 bits per heavy atom. The average Bonchev–Trinajstić information content (AvgIpc) is 2.24. The minimum atomic E-state index is -0.225. The van der Waals surface area contributed by atoms with Crippen molar-refractivity contribution in [3.05, 3.63) is 22.1 Å². The van der Waals surface area contributed by atoms with Crippen LogP contribution in [0, 0.1) is 0 Å². The maximum absolute atomic E-state index is 10.8. The first kappa shape index (κ1) is 12.6. The standard InChI is InChI=1S/C11H17N3O2/c1-9(15)16-11-6-2-4-10(8-11)5-3-7-13-14-12/h8,11H,2-7H2,1H3. The molecule has 1 atom stereocenters. The van der Waals surface area contributed by atoms with Crippen LogP contribution in [0.3, 0.4) is 0 Å². The number of carbonyl (C=O) groups is 1. The number of ether oxygens (including phenoxy) is 1. The van der Waals surface area contributed by atoms with Gasteiger partial charge in [0.25, 0.3) is 0 Å². The van der Waals surface area contributed by atoms with E-state index in [9.17, 15) is 4.79 Å². The van der Waals surface area contributed by atoms with Gasteiger partial charge in [-0.15, -0.1) is 0 Å². The van der Waals surface area contributed by atoms with Crippen LogP contribution in [0.15, 0.2) is 16.8 Å². The number of nitrogens with zero attached hydrogens (tertiary/aromatic N) is 3. The lowest BCUT2D eigenvalue weighted by molar-refractivity contribution is -0.144. The minimum absolute atomic E-state index is 0.0549. The van der Waals surface area contributed by atoms with Gasteiger partial charge < -0.3 is 4.74 Å². The molecule has 5 nitrogen and oxygen atoms in total. The Labute approximate surface area is 95.1 Å². The summed E-state index contributed by atoms with van der Waals surface area (Å²) in [5.41, 5.74) is 9.44. The summed E-state index contributed by atoms with van der Waals surface area (Å²) >= 11 is 0. The predicted molar refractivity (Wildman–Crippen MR) is 60.7 cm³/mol. The quantitative estimate of drug-likeness (QED) is 0.179. The van der Waals surface area contributed by atoms with Gasteiger partial charge >= 0.3 is 5.97 Å². The van der Waals surface area contributed by atoms with Crippen LogP contribution < -0.4 is 0 Å². The molecule has 0 heterocycles. The fourth-order valence-corrected chi connectivity index (χ4v) is 1.90. The summed E-state index contributed by atoms with van der Waals surface area (Å²) in [6.45, 7) is 1.97. The fourth-order valence-electron chi connectivity index (χ4n) is 1.90. The maximum Gasteiger partial charge on any atom is 0.303 e. The number of rotatable bonds is 5. The number of carbonyl (C=O) groups excluding carboxylic acids is 1. The molecule has 0 N–H and O–H groups in total. The van der Waals surface area contributed by atoms with Crippen molar-refractivity contribution in [3.63, 3.8) is 0 Å². The molecule has 0 spiro atoms. The molecule has 0 aromatic heterocycles. The Hall–Kier alpha value is -1.48. The van der Waals surface area contributed by atoms with Gasteiger partial charge in [0, 0.05) is 18.4 Å². The Morgan fingerprint density at radius 1 is 1.75 bits per heavy atom. The molecule has 0 saturated heterocycles.